The number of sulfonamides is 1. The van der Waals surface area contributed by atoms with Crippen LogP contribution in [0.1, 0.15) is 35.3 Å². The first-order valence-electron chi connectivity index (χ1n) is 10.8. The predicted molar refractivity (Wildman–Crippen MR) is 136 cm³/mol. The van der Waals surface area contributed by atoms with E-state index in [1.807, 2.05) is 6.07 Å². The van der Waals surface area contributed by atoms with Gasteiger partial charge in [-0.15, -0.1) is 4.40 Å². The Morgan fingerprint density at radius 1 is 1.03 bits per heavy atom. The summed E-state index contributed by atoms with van der Waals surface area (Å²) >= 11 is 3.37. The molecule has 1 aliphatic rings. The topological polar surface area (TPSA) is 88.1 Å². The molecule has 0 fully saturated rings. The number of carbonyl (C=O) groups is 1. The summed E-state index contributed by atoms with van der Waals surface area (Å²) in [5, 5.41) is 3.13. The molecule has 3 aromatic rings. The van der Waals surface area contributed by atoms with Gasteiger partial charge in [0.2, 0.25) is 0 Å². The molecular formula is C25H24BrN3O4S. The smallest absolute Gasteiger partial charge is 0.343 e. The van der Waals surface area contributed by atoms with Crippen LogP contribution >= 0.6 is 15.9 Å². The molecule has 1 aliphatic heterocycles. The van der Waals surface area contributed by atoms with Crippen LogP contribution in [0.5, 0.6) is 5.75 Å². The number of rotatable bonds is 7. The van der Waals surface area contributed by atoms with Gasteiger partial charge < -0.3 is 10.1 Å². The zero-order valence-electron chi connectivity index (χ0n) is 18.8. The molecule has 0 saturated heterocycles. The van der Waals surface area contributed by atoms with Crippen LogP contribution in [0.3, 0.4) is 0 Å². The first-order valence-corrected chi connectivity index (χ1v) is 13.1. The lowest BCUT2D eigenvalue weighted by Gasteiger charge is -2.21. The Morgan fingerprint density at radius 2 is 1.74 bits per heavy atom. The number of halogens is 1. The van der Waals surface area contributed by atoms with Crippen LogP contribution in [-0.4, -0.2) is 38.2 Å². The van der Waals surface area contributed by atoms with Gasteiger partial charge in [-0.05, 0) is 67.7 Å². The molecule has 1 N–H and O–H groups in total. The fourth-order valence-corrected chi connectivity index (χ4v) is 5.09. The van der Waals surface area contributed by atoms with Gasteiger partial charge in [0.05, 0.1) is 5.56 Å². The summed E-state index contributed by atoms with van der Waals surface area (Å²) in [6.45, 7) is 6.34. The average molecular weight is 542 g/mol. The molecule has 0 spiro atoms. The molecule has 34 heavy (non-hydrogen) atoms. The van der Waals surface area contributed by atoms with E-state index in [2.05, 4.69) is 44.4 Å². The number of esters is 1. The Kier molecular flexibility index (Phi) is 7.16. The molecule has 4 rings (SSSR count). The molecule has 0 amide bonds. The monoisotopic (exact) mass is 541 g/mol. The van der Waals surface area contributed by atoms with Crippen molar-refractivity contribution < 1.29 is 17.9 Å². The third kappa shape index (κ3) is 5.22. The van der Waals surface area contributed by atoms with Crippen molar-refractivity contribution in [2.75, 3.05) is 18.4 Å². The zero-order valence-corrected chi connectivity index (χ0v) is 21.2. The van der Waals surface area contributed by atoms with E-state index < -0.39 is 16.0 Å². The maximum Gasteiger partial charge on any atom is 0.343 e. The van der Waals surface area contributed by atoms with E-state index >= 15 is 0 Å². The second-order valence-electron chi connectivity index (χ2n) is 7.72. The number of fused-ring (bicyclic) bond motifs is 1. The molecular weight excluding hydrogens is 518 g/mol. The first kappa shape index (κ1) is 24.1. The van der Waals surface area contributed by atoms with E-state index in [1.54, 1.807) is 60.7 Å². The largest absolute Gasteiger partial charge is 0.423 e. The van der Waals surface area contributed by atoms with Crippen molar-refractivity contribution in [3.05, 3.63) is 87.9 Å². The normalized spacial score (nSPS) is 13.9. The standard InChI is InChI=1S/C25H24BrN3O4S/c1-3-29(4-2)16-18-15-20(27-24-21-7-5-6-8-23(21)34(31,32)28-24)13-14-22(18)33-25(30)17-9-11-19(26)12-10-17/h5-15H,3-4,16H2,1-2H3,(H,27,28). The first-order chi connectivity index (χ1) is 16.3. The van der Waals surface area contributed by atoms with Crippen LogP contribution in [0.25, 0.3) is 0 Å². The van der Waals surface area contributed by atoms with Gasteiger partial charge in [0.15, 0.2) is 5.84 Å². The highest BCUT2D eigenvalue weighted by Crippen LogP contribution is 2.29. The molecule has 9 heteroatoms. The Hall–Kier alpha value is -3.01. The Labute approximate surface area is 207 Å². The Morgan fingerprint density at radius 3 is 2.44 bits per heavy atom. The Bertz CT molecular complexity index is 1350. The average Bonchev–Trinajstić information content (AvgIpc) is 3.09. The molecule has 3 aromatic carbocycles. The number of ether oxygens (including phenoxy) is 1. The van der Waals surface area contributed by atoms with Gasteiger partial charge >= 0.3 is 5.97 Å². The van der Waals surface area contributed by atoms with Crippen molar-refractivity contribution in [2.45, 2.75) is 25.3 Å². The zero-order chi connectivity index (χ0) is 24.3. The molecule has 0 radical (unpaired) electrons. The molecule has 0 atom stereocenters. The summed E-state index contributed by atoms with van der Waals surface area (Å²) in [4.78, 5) is 15.1. The molecule has 7 nitrogen and oxygen atoms in total. The van der Waals surface area contributed by atoms with Gasteiger partial charge in [-0.1, -0.05) is 41.9 Å². The Balaban J connectivity index is 1.64. The van der Waals surface area contributed by atoms with Gasteiger partial charge in [-0.2, -0.15) is 8.42 Å². The molecule has 0 bridgehead atoms. The highest BCUT2D eigenvalue weighted by Gasteiger charge is 2.28. The maximum atomic E-state index is 12.7. The summed E-state index contributed by atoms with van der Waals surface area (Å²) in [7, 11) is -3.73. The predicted octanol–water partition coefficient (Wildman–Crippen LogP) is 5.07. The van der Waals surface area contributed by atoms with Crippen molar-refractivity contribution in [3.8, 4) is 5.75 Å². The number of nitrogens with one attached hydrogen (secondary N) is 1. The summed E-state index contributed by atoms with van der Waals surface area (Å²) in [5.74, 6) is 0.268. The van der Waals surface area contributed by atoms with E-state index in [0.717, 1.165) is 23.1 Å². The second-order valence-corrected chi connectivity index (χ2v) is 10.2. The molecule has 0 aromatic heterocycles. The van der Waals surface area contributed by atoms with Crippen LogP contribution in [0.4, 0.5) is 5.69 Å². The van der Waals surface area contributed by atoms with E-state index in [9.17, 15) is 13.2 Å². The number of anilines is 1. The van der Waals surface area contributed by atoms with Crippen molar-refractivity contribution in [1.82, 2.24) is 4.90 Å². The van der Waals surface area contributed by atoms with Gasteiger partial charge in [0.1, 0.15) is 10.6 Å². The molecule has 1 heterocycles. The van der Waals surface area contributed by atoms with E-state index in [4.69, 9.17) is 4.74 Å². The molecule has 0 unspecified atom stereocenters. The quantitative estimate of drug-likeness (QED) is 0.331. The van der Waals surface area contributed by atoms with Crippen molar-refractivity contribution in [1.29, 1.82) is 0 Å². The molecule has 0 saturated carbocycles. The van der Waals surface area contributed by atoms with Gasteiger partial charge in [-0.25, -0.2) is 4.79 Å². The van der Waals surface area contributed by atoms with Crippen LogP contribution in [0, 0.1) is 0 Å². The number of hydrogen-bond acceptors (Lipinski definition) is 6. The van der Waals surface area contributed by atoms with Crippen LogP contribution in [0.2, 0.25) is 0 Å². The van der Waals surface area contributed by atoms with Crippen LogP contribution < -0.4 is 10.1 Å². The van der Waals surface area contributed by atoms with E-state index in [0.29, 0.717) is 29.1 Å². The van der Waals surface area contributed by atoms with Gasteiger partial charge in [0.25, 0.3) is 10.0 Å². The number of hydrogen-bond donors (Lipinski definition) is 1. The minimum absolute atomic E-state index is 0.181. The highest BCUT2D eigenvalue weighted by molar-refractivity contribution is 9.10. The maximum absolute atomic E-state index is 12.7. The van der Waals surface area contributed by atoms with E-state index in [-0.39, 0.29) is 10.7 Å². The minimum atomic E-state index is -3.73. The summed E-state index contributed by atoms with van der Waals surface area (Å²) < 4.78 is 35.3. The summed E-state index contributed by atoms with van der Waals surface area (Å²) in [6, 6.07) is 19.0. The van der Waals surface area contributed by atoms with Crippen LogP contribution in [-0.2, 0) is 16.6 Å². The van der Waals surface area contributed by atoms with E-state index in [1.165, 1.54) is 0 Å². The summed E-state index contributed by atoms with van der Waals surface area (Å²) in [5.41, 5.74) is 2.42. The van der Waals surface area contributed by atoms with Crippen molar-refractivity contribution >= 4 is 43.4 Å². The number of amidine groups is 1. The lowest BCUT2D eigenvalue weighted by molar-refractivity contribution is 0.0731. The van der Waals surface area contributed by atoms with Gasteiger partial charge in [0, 0.05) is 27.8 Å². The van der Waals surface area contributed by atoms with Crippen molar-refractivity contribution in [3.63, 3.8) is 0 Å². The number of nitrogens with zero attached hydrogens (tertiary/aromatic N) is 2. The number of benzene rings is 3. The minimum Gasteiger partial charge on any atom is -0.423 e. The SMILES string of the molecule is CCN(CC)Cc1cc(NC2=NS(=O)(=O)c3ccccc32)ccc1OC(=O)c1ccc(Br)cc1. The highest BCUT2D eigenvalue weighted by atomic mass is 79.9. The van der Waals surface area contributed by atoms with Crippen molar-refractivity contribution in [2.24, 2.45) is 4.40 Å². The molecule has 0 aliphatic carbocycles. The third-order valence-electron chi connectivity index (χ3n) is 5.53. The lowest BCUT2D eigenvalue weighted by atomic mass is 10.1. The third-order valence-corrected chi connectivity index (χ3v) is 7.39. The second kappa shape index (κ2) is 10.1. The van der Waals surface area contributed by atoms with Gasteiger partial charge in [-0.3, -0.25) is 4.90 Å². The lowest BCUT2D eigenvalue weighted by Crippen LogP contribution is -2.23. The molecule has 176 valence electrons. The summed E-state index contributed by atoms with van der Waals surface area (Å²) in [6.07, 6.45) is 0. The fraction of sp³-hybridized carbons (Fsp3) is 0.200. The van der Waals surface area contributed by atoms with Crippen LogP contribution in [0.15, 0.2) is 80.5 Å². The fourth-order valence-electron chi connectivity index (χ4n) is 3.65. The number of carbonyl (C=O) groups excluding carboxylic acids is 1.